The van der Waals surface area contributed by atoms with E-state index in [0.29, 0.717) is 0 Å². The maximum atomic E-state index is 11.2. The van der Waals surface area contributed by atoms with Crippen LogP contribution in [0.2, 0.25) is 0 Å². The van der Waals surface area contributed by atoms with Crippen molar-refractivity contribution < 1.29 is 37.3 Å². The molecule has 1 aliphatic carbocycles. The molecule has 0 fully saturated rings. The predicted molar refractivity (Wildman–Crippen MR) is 64.8 cm³/mol. The van der Waals surface area contributed by atoms with Crippen molar-refractivity contribution in [2.75, 3.05) is 0 Å². The van der Waals surface area contributed by atoms with Crippen molar-refractivity contribution in [3.05, 3.63) is 35.4 Å². The second kappa shape index (κ2) is 6.62. The lowest BCUT2D eigenvalue weighted by molar-refractivity contribution is -0.0857. The van der Waals surface area contributed by atoms with Crippen LogP contribution in [0.1, 0.15) is 20.7 Å². The van der Waals surface area contributed by atoms with E-state index in [2.05, 4.69) is 11.7 Å². The van der Waals surface area contributed by atoms with Gasteiger partial charge < -0.3 is 10.2 Å². The van der Waals surface area contributed by atoms with Crippen molar-refractivity contribution in [2.45, 2.75) is 5.79 Å². The molecule has 1 aromatic rings. The molecule has 0 saturated carbocycles. The second-order valence-corrected chi connectivity index (χ2v) is 4.22. The zero-order valence-corrected chi connectivity index (χ0v) is 10.6. The molecule has 0 heterocycles. The molecule has 112 valence electrons. The van der Waals surface area contributed by atoms with Crippen LogP contribution < -0.4 is 11.7 Å². The Bertz CT molecular complexity index is 565. The third-order valence-corrected chi connectivity index (χ3v) is 2.05. The molecule has 0 amide bonds. The highest BCUT2D eigenvalue weighted by atomic mass is 32.3. The number of nitrogens with two attached hydrogens (primary N) is 2. The summed E-state index contributed by atoms with van der Waals surface area (Å²) in [4.78, 5) is 22.4. The van der Waals surface area contributed by atoms with Gasteiger partial charge in [-0.3, -0.25) is 30.4 Å². The van der Waals surface area contributed by atoms with Gasteiger partial charge in [0.15, 0.2) is 0 Å². The van der Waals surface area contributed by atoms with Crippen molar-refractivity contribution in [1.29, 1.82) is 0 Å². The quantitative estimate of drug-likeness (QED) is 0.101. The number of rotatable bonds is 0. The van der Waals surface area contributed by atoms with Gasteiger partial charge in [-0.15, -0.1) is 0 Å². The Labute approximate surface area is 113 Å². The van der Waals surface area contributed by atoms with Crippen LogP contribution in [-0.2, 0) is 10.4 Å². The monoisotopic (exact) mass is 308 g/mol. The number of fused-ring (bicyclic) bond motifs is 1. The average molecular weight is 308 g/mol. The summed E-state index contributed by atoms with van der Waals surface area (Å²) in [5.74, 6) is 3.24. The first-order valence-electron chi connectivity index (χ1n) is 4.71. The van der Waals surface area contributed by atoms with Gasteiger partial charge >= 0.3 is 10.4 Å². The van der Waals surface area contributed by atoms with Crippen LogP contribution in [0.15, 0.2) is 24.3 Å². The number of hydrogen-bond donors (Lipinski definition) is 6. The molecule has 0 spiro atoms. The molecule has 0 aliphatic heterocycles. The van der Waals surface area contributed by atoms with Gasteiger partial charge in [-0.1, -0.05) is 24.3 Å². The smallest absolute Gasteiger partial charge is 0.353 e. The Balaban J connectivity index is 0.000000441. The van der Waals surface area contributed by atoms with Crippen LogP contribution in [0.25, 0.3) is 0 Å². The van der Waals surface area contributed by atoms with Gasteiger partial charge in [0.05, 0.1) is 0 Å². The first kappa shape index (κ1) is 18.3. The molecule has 8 N–H and O–H groups in total. The fraction of sp³-hybridized carbons (Fsp3) is 0.111. The standard InChI is InChI=1S/C9H6O4.H4N2.H2O4S/c10-7-5-3-1-2-4-6(5)8(11)9(7,12)13;1-2;1-5(2,3)4/h1-4,12-13H;1-2H2;(H2,1,2,3,4). The van der Waals surface area contributed by atoms with E-state index in [-0.39, 0.29) is 11.1 Å². The van der Waals surface area contributed by atoms with Crippen molar-refractivity contribution >= 4 is 22.0 Å². The zero-order valence-electron chi connectivity index (χ0n) is 9.79. The molecule has 0 unspecified atom stereocenters. The maximum absolute atomic E-state index is 11.2. The lowest BCUT2D eigenvalue weighted by Crippen LogP contribution is -2.40. The van der Waals surface area contributed by atoms with E-state index >= 15 is 0 Å². The molecule has 20 heavy (non-hydrogen) atoms. The summed E-state index contributed by atoms with van der Waals surface area (Å²) in [5, 5.41) is 18.2. The highest BCUT2D eigenvalue weighted by Gasteiger charge is 2.50. The minimum atomic E-state index is -4.67. The summed E-state index contributed by atoms with van der Waals surface area (Å²) in [6.45, 7) is 0. The fourth-order valence-corrected chi connectivity index (χ4v) is 1.36. The molecular formula is C9H12N2O8S. The van der Waals surface area contributed by atoms with E-state index in [9.17, 15) is 9.59 Å². The largest absolute Gasteiger partial charge is 0.394 e. The van der Waals surface area contributed by atoms with Crippen LogP contribution in [0.4, 0.5) is 0 Å². The number of aliphatic hydroxyl groups is 2. The lowest BCUT2D eigenvalue weighted by Gasteiger charge is -2.08. The van der Waals surface area contributed by atoms with Crippen molar-refractivity contribution in [3.63, 3.8) is 0 Å². The molecule has 0 atom stereocenters. The number of carbonyl (C=O) groups excluding carboxylic acids is 2. The highest BCUT2D eigenvalue weighted by Crippen LogP contribution is 2.27. The van der Waals surface area contributed by atoms with Gasteiger partial charge in [-0.25, -0.2) is 0 Å². The van der Waals surface area contributed by atoms with Gasteiger partial charge in [0.25, 0.3) is 5.79 Å². The number of benzene rings is 1. The molecule has 0 radical (unpaired) electrons. The summed E-state index contributed by atoms with van der Waals surface area (Å²) < 4.78 is 31.6. The molecule has 10 nitrogen and oxygen atoms in total. The van der Waals surface area contributed by atoms with Crippen LogP contribution in [-0.4, -0.2) is 45.1 Å². The van der Waals surface area contributed by atoms with Gasteiger partial charge in [0.2, 0.25) is 11.6 Å². The summed E-state index contributed by atoms with van der Waals surface area (Å²) >= 11 is 0. The van der Waals surface area contributed by atoms with Crippen molar-refractivity contribution in [3.8, 4) is 0 Å². The van der Waals surface area contributed by atoms with Crippen molar-refractivity contribution in [1.82, 2.24) is 0 Å². The average Bonchev–Trinajstić information content (AvgIpc) is 2.53. The van der Waals surface area contributed by atoms with Crippen LogP contribution in [0, 0.1) is 0 Å². The number of hydrazine groups is 1. The summed E-state index contributed by atoms with van der Waals surface area (Å²) in [5.41, 5.74) is 0.134. The van der Waals surface area contributed by atoms with Gasteiger partial charge in [0, 0.05) is 11.1 Å². The molecule has 0 aromatic heterocycles. The Morgan fingerprint density at radius 3 is 1.40 bits per heavy atom. The van der Waals surface area contributed by atoms with Gasteiger partial charge in [-0.05, 0) is 0 Å². The third kappa shape index (κ3) is 4.43. The number of ketones is 2. The van der Waals surface area contributed by atoms with E-state index in [4.69, 9.17) is 27.7 Å². The van der Waals surface area contributed by atoms with E-state index in [0.717, 1.165) is 0 Å². The van der Waals surface area contributed by atoms with Crippen LogP contribution in [0.3, 0.4) is 0 Å². The number of hydrogen-bond acceptors (Lipinski definition) is 8. The lowest BCUT2D eigenvalue weighted by atomic mass is 10.1. The summed E-state index contributed by atoms with van der Waals surface area (Å²) in [7, 11) is -4.67. The molecule has 1 aromatic carbocycles. The number of Topliss-reactive ketones (excluding diaryl/α,β-unsaturated/α-hetero) is 2. The Kier molecular flexibility index (Phi) is 6.05. The molecule has 1 aliphatic rings. The van der Waals surface area contributed by atoms with E-state index in [1.54, 1.807) is 12.1 Å². The Morgan fingerprint density at radius 2 is 1.15 bits per heavy atom. The van der Waals surface area contributed by atoms with E-state index < -0.39 is 27.8 Å². The highest BCUT2D eigenvalue weighted by molar-refractivity contribution is 7.79. The van der Waals surface area contributed by atoms with Gasteiger partial charge in [-0.2, -0.15) is 8.42 Å². The van der Waals surface area contributed by atoms with Gasteiger partial charge in [0.1, 0.15) is 0 Å². The fourth-order valence-electron chi connectivity index (χ4n) is 1.36. The first-order chi connectivity index (χ1) is 9.05. The molecule has 2 rings (SSSR count). The second-order valence-electron chi connectivity index (χ2n) is 3.32. The summed E-state index contributed by atoms with van der Waals surface area (Å²) in [6, 6.07) is 5.91. The van der Waals surface area contributed by atoms with Crippen LogP contribution >= 0.6 is 0 Å². The van der Waals surface area contributed by atoms with Crippen LogP contribution in [0.5, 0.6) is 0 Å². The van der Waals surface area contributed by atoms with E-state index in [1.807, 2.05) is 0 Å². The first-order valence-corrected chi connectivity index (χ1v) is 6.11. The number of carbonyl (C=O) groups is 2. The normalized spacial score (nSPS) is 15.5. The molecule has 0 bridgehead atoms. The molecule has 11 heteroatoms. The minimum Gasteiger partial charge on any atom is -0.353 e. The maximum Gasteiger partial charge on any atom is 0.394 e. The third-order valence-electron chi connectivity index (χ3n) is 2.05. The van der Waals surface area contributed by atoms with E-state index in [1.165, 1.54) is 12.1 Å². The summed E-state index contributed by atoms with van der Waals surface area (Å²) in [6.07, 6.45) is 0. The zero-order chi connectivity index (χ0) is 16.1. The van der Waals surface area contributed by atoms with Crippen molar-refractivity contribution in [2.24, 2.45) is 11.7 Å². The molecular weight excluding hydrogens is 296 g/mol. The SMILES string of the molecule is NN.O=C1c2ccccc2C(=O)C1(O)O.O=S(=O)(O)O. The molecule has 0 saturated heterocycles. The Hall–Kier alpha value is -1.73. The minimum absolute atomic E-state index is 0.0671. The Morgan fingerprint density at radius 1 is 0.900 bits per heavy atom. The topological polar surface area (TPSA) is 201 Å². The predicted octanol–water partition coefficient (Wildman–Crippen LogP) is -2.09.